The zero-order valence-electron chi connectivity index (χ0n) is 14.8. The summed E-state index contributed by atoms with van der Waals surface area (Å²) in [5.74, 6) is 0.0926. The van der Waals surface area contributed by atoms with Crippen molar-refractivity contribution in [3.05, 3.63) is 42.5 Å². The van der Waals surface area contributed by atoms with Crippen molar-refractivity contribution >= 4 is 24.5 Å². The first-order valence-corrected chi connectivity index (χ1v) is 10.1. The maximum atomic E-state index is 14.4. The van der Waals surface area contributed by atoms with Crippen LogP contribution in [0.15, 0.2) is 42.5 Å². The summed E-state index contributed by atoms with van der Waals surface area (Å²) in [5, 5.41) is -0.110. The third-order valence-corrected chi connectivity index (χ3v) is 6.30. The molecule has 0 aromatic heterocycles. The minimum absolute atomic E-state index is 0.00480. The molecule has 0 radical (unpaired) electrons. The van der Waals surface area contributed by atoms with Gasteiger partial charge in [-0.15, -0.1) is 0 Å². The predicted molar refractivity (Wildman–Crippen MR) is 97.3 cm³/mol. The van der Waals surface area contributed by atoms with Gasteiger partial charge in [0.2, 0.25) is 0 Å². The topological polar surface area (TPSA) is 52.6 Å². The molecule has 4 nitrogen and oxygen atoms in total. The van der Waals surface area contributed by atoms with Gasteiger partial charge < -0.3 is 4.52 Å². The zero-order chi connectivity index (χ0) is 19.3. The number of hydrogen-bond acceptors (Lipinski definition) is 5. The number of alkyl halides is 2. The second-order valence-electron chi connectivity index (χ2n) is 6.44. The molecule has 1 aromatic carbocycles. The Morgan fingerprint density at radius 1 is 1.24 bits per heavy atom. The van der Waals surface area contributed by atoms with E-state index in [1.165, 1.54) is 12.1 Å². The molecule has 0 aliphatic heterocycles. The molecule has 0 saturated carbocycles. The quantitative estimate of drug-likeness (QED) is 0.320. The maximum absolute atomic E-state index is 14.4. The second-order valence-corrected chi connectivity index (χ2v) is 9.51. The van der Waals surface area contributed by atoms with Gasteiger partial charge in [-0.1, -0.05) is 57.3 Å². The lowest BCUT2D eigenvalue weighted by molar-refractivity contribution is -0.117. The summed E-state index contributed by atoms with van der Waals surface area (Å²) in [6.45, 7) is 9.17. The molecule has 0 fully saturated rings. The van der Waals surface area contributed by atoms with E-state index in [0.29, 0.717) is 0 Å². The van der Waals surface area contributed by atoms with E-state index in [1.54, 1.807) is 39.0 Å². The van der Waals surface area contributed by atoms with Gasteiger partial charge in [0, 0.05) is 16.7 Å². The molecule has 1 aromatic rings. The Balaban J connectivity index is 2.85. The van der Waals surface area contributed by atoms with Crippen LogP contribution in [0.5, 0.6) is 5.75 Å². The van der Waals surface area contributed by atoms with Crippen molar-refractivity contribution in [2.24, 2.45) is 5.41 Å². The number of hydrogen-bond donors (Lipinski definition) is 0. The van der Waals surface area contributed by atoms with Crippen LogP contribution in [0.2, 0.25) is 0 Å². The lowest BCUT2D eigenvalue weighted by atomic mass is 10.00. The Hall–Kier alpha value is -1.17. The highest BCUT2D eigenvalue weighted by atomic mass is 32.2. The van der Waals surface area contributed by atoms with Gasteiger partial charge in [0.1, 0.15) is 5.75 Å². The van der Waals surface area contributed by atoms with Gasteiger partial charge in [0.05, 0.1) is 6.61 Å². The summed E-state index contributed by atoms with van der Waals surface area (Å²) in [5.41, 5.74) is -5.02. The Morgan fingerprint density at radius 3 is 2.28 bits per heavy atom. The minimum Gasteiger partial charge on any atom is -0.420 e. The van der Waals surface area contributed by atoms with E-state index in [0.717, 1.165) is 18.7 Å². The van der Waals surface area contributed by atoms with Crippen LogP contribution in [-0.4, -0.2) is 23.1 Å². The summed E-state index contributed by atoms with van der Waals surface area (Å²) in [6.07, 6.45) is 0. The van der Waals surface area contributed by atoms with Crippen LogP contribution in [0.4, 0.5) is 8.78 Å². The fraction of sp³-hybridized carbons (Fsp3) is 0.471. The number of para-hydroxylation sites is 1. The Labute approximate surface area is 151 Å². The average molecular weight is 392 g/mol. The number of allylic oxidation sites excluding steroid dienone is 1. The van der Waals surface area contributed by atoms with Crippen molar-refractivity contribution in [3.63, 3.8) is 0 Å². The van der Waals surface area contributed by atoms with Crippen LogP contribution in [0.3, 0.4) is 0 Å². The van der Waals surface area contributed by atoms with E-state index >= 15 is 0 Å². The summed E-state index contributed by atoms with van der Waals surface area (Å²) in [6, 6.07) is 7.61. The molecule has 0 amide bonds. The van der Waals surface area contributed by atoms with Gasteiger partial charge in [0.25, 0.3) is 0 Å². The summed E-state index contributed by atoms with van der Waals surface area (Å²) < 4.78 is 51.5. The van der Waals surface area contributed by atoms with Crippen molar-refractivity contribution in [2.45, 2.75) is 33.4 Å². The largest absolute Gasteiger partial charge is 0.452 e. The van der Waals surface area contributed by atoms with Gasteiger partial charge >= 0.3 is 13.3 Å². The normalized spacial score (nSPS) is 14.6. The first-order chi connectivity index (χ1) is 11.4. The first-order valence-electron chi connectivity index (χ1n) is 7.60. The highest BCUT2D eigenvalue weighted by Crippen LogP contribution is 2.63. The van der Waals surface area contributed by atoms with Crippen molar-refractivity contribution in [3.8, 4) is 5.75 Å². The smallest absolute Gasteiger partial charge is 0.420 e. The molecule has 25 heavy (non-hydrogen) atoms. The molecule has 8 heteroatoms. The summed E-state index contributed by atoms with van der Waals surface area (Å²) in [7, 11) is -4.86. The molecule has 0 spiro atoms. The van der Waals surface area contributed by atoms with E-state index in [-0.39, 0.29) is 23.2 Å². The molecule has 1 rings (SSSR count). The third kappa shape index (κ3) is 5.94. The predicted octanol–water partition coefficient (Wildman–Crippen LogP) is 5.75. The molecule has 0 aliphatic rings. The van der Waals surface area contributed by atoms with Crippen LogP contribution in [0, 0.1) is 5.41 Å². The van der Waals surface area contributed by atoms with E-state index in [9.17, 15) is 18.1 Å². The Kier molecular flexibility index (Phi) is 7.41. The fourth-order valence-electron chi connectivity index (χ4n) is 1.53. The lowest BCUT2D eigenvalue weighted by Gasteiger charge is -2.27. The monoisotopic (exact) mass is 392 g/mol. The number of halogens is 2. The van der Waals surface area contributed by atoms with Crippen molar-refractivity contribution in [1.29, 1.82) is 0 Å². The number of rotatable bonds is 8. The van der Waals surface area contributed by atoms with E-state index in [2.05, 4.69) is 6.58 Å². The number of thioether (sulfide) groups is 1. The third-order valence-electron chi connectivity index (χ3n) is 3.02. The van der Waals surface area contributed by atoms with Gasteiger partial charge in [-0.25, -0.2) is 4.57 Å². The molecule has 0 saturated heterocycles. The first kappa shape index (κ1) is 21.9. The molecule has 1 unspecified atom stereocenters. The minimum atomic E-state index is -4.86. The van der Waals surface area contributed by atoms with Crippen LogP contribution in [-0.2, 0) is 13.9 Å². The molecular weight excluding hydrogens is 369 g/mol. The molecule has 1 atom stereocenters. The summed E-state index contributed by atoms with van der Waals surface area (Å²) in [4.78, 5) is 11.8. The van der Waals surface area contributed by atoms with E-state index < -0.39 is 24.2 Å². The molecule has 0 bridgehead atoms. The highest BCUT2D eigenvalue weighted by Gasteiger charge is 2.55. The molecular formula is C17H23F2O4PS. The molecule has 0 aliphatic carbocycles. The van der Waals surface area contributed by atoms with Gasteiger partial charge in [0.15, 0.2) is 5.12 Å². The summed E-state index contributed by atoms with van der Waals surface area (Å²) >= 11 is 0.941. The van der Waals surface area contributed by atoms with Crippen LogP contribution < -0.4 is 4.52 Å². The van der Waals surface area contributed by atoms with Gasteiger partial charge in [-0.05, 0) is 19.1 Å². The maximum Gasteiger partial charge on any atom is 0.452 e. The van der Waals surface area contributed by atoms with Crippen molar-refractivity contribution in [1.82, 2.24) is 0 Å². The average Bonchev–Trinajstić information content (AvgIpc) is 2.51. The molecule has 0 heterocycles. The second kappa shape index (κ2) is 8.47. The standard InChI is InChI=1S/C17H23F2O4PS/c1-13(2)17(18,19)24(21,23-14-9-7-6-8-10-14)22-11-12-25-15(20)16(3,4)5/h6-10H,1,11-12H2,2-5H3. The lowest BCUT2D eigenvalue weighted by Crippen LogP contribution is -2.24. The Morgan fingerprint density at radius 2 is 1.80 bits per heavy atom. The van der Waals surface area contributed by atoms with Crippen LogP contribution >= 0.6 is 19.4 Å². The van der Waals surface area contributed by atoms with Crippen molar-refractivity contribution < 1.29 is 27.2 Å². The molecule has 0 N–H and O–H groups in total. The van der Waals surface area contributed by atoms with Crippen LogP contribution in [0.25, 0.3) is 0 Å². The molecule has 140 valence electrons. The van der Waals surface area contributed by atoms with Gasteiger partial charge in [-0.3, -0.25) is 9.32 Å². The van der Waals surface area contributed by atoms with E-state index in [1.807, 2.05) is 0 Å². The highest BCUT2D eigenvalue weighted by molar-refractivity contribution is 8.13. The number of carbonyl (C=O) groups is 1. The fourth-order valence-corrected chi connectivity index (χ4v) is 3.96. The van der Waals surface area contributed by atoms with Gasteiger partial charge in [-0.2, -0.15) is 8.78 Å². The SMILES string of the molecule is C=C(C)C(F)(F)P(=O)(OCCSC(=O)C(C)(C)C)Oc1ccccc1. The Bertz CT molecular complexity index is 656. The van der Waals surface area contributed by atoms with E-state index in [4.69, 9.17) is 9.05 Å². The number of carbonyl (C=O) groups excluding carboxylic acids is 1. The van der Waals surface area contributed by atoms with Crippen molar-refractivity contribution in [2.75, 3.05) is 12.4 Å². The zero-order valence-corrected chi connectivity index (χ0v) is 16.5. The van der Waals surface area contributed by atoms with Crippen LogP contribution in [0.1, 0.15) is 27.7 Å². The number of benzene rings is 1.